The third-order valence-electron chi connectivity index (χ3n) is 6.45. The molecule has 1 heterocycles. The number of carbonyl (C=O) groups is 1. The van der Waals surface area contributed by atoms with E-state index in [9.17, 15) is 10.1 Å². The van der Waals surface area contributed by atoms with Crippen molar-refractivity contribution < 1.29 is 19.0 Å². The lowest BCUT2D eigenvalue weighted by Crippen LogP contribution is -2.42. The number of methoxy groups -OCH3 is 3. The number of ether oxygens (including phenoxy) is 3. The first-order valence-electron chi connectivity index (χ1n) is 11.1. The number of hydrogen-bond acceptors (Lipinski definition) is 7. The molecule has 0 saturated carbocycles. The Hall–Kier alpha value is -3.92. The van der Waals surface area contributed by atoms with E-state index in [1.165, 1.54) is 0 Å². The minimum Gasteiger partial charge on any atom is -0.497 e. The zero-order chi connectivity index (χ0) is 24.6. The standard InChI is InChI=1S/C27H29N3O4/c1-27(2)13-20-25(21(31)14-27)24(16-6-11-22(33-4)23(12-16)34-5)19(15-28)26(29)30(20)17-7-9-18(32-3)10-8-17/h6-12,24H,13-14,29H2,1-5H3/t24-/m1/s1. The molecule has 0 spiro atoms. The molecule has 1 aliphatic heterocycles. The molecule has 176 valence electrons. The fraction of sp³-hybridized carbons (Fsp3) is 0.333. The van der Waals surface area contributed by atoms with Crippen LogP contribution in [0.1, 0.15) is 38.2 Å². The van der Waals surface area contributed by atoms with E-state index in [4.69, 9.17) is 19.9 Å². The number of nitrogens with two attached hydrogens (primary N) is 1. The average molecular weight is 460 g/mol. The summed E-state index contributed by atoms with van der Waals surface area (Å²) in [6.45, 7) is 4.15. The molecule has 7 heteroatoms. The number of nitrogens with zero attached hydrogens (tertiary/aromatic N) is 2. The first-order valence-corrected chi connectivity index (χ1v) is 11.1. The third kappa shape index (κ3) is 3.86. The van der Waals surface area contributed by atoms with Gasteiger partial charge in [0.2, 0.25) is 0 Å². The zero-order valence-electron chi connectivity index (χ0n) is 20.1. The quantitative estimate of drug-likeness (QED) is 0.695. The summed E-state index contributed by atoms with van der Waals surface area (Å²) in [4.78, 5) is 15.5. The number of Topliss-reactive ketones (excluding diaryl/α,β-unsaturated/α-hetero) is 1. The van der Waals surface area contributed by atoms with Crippen molar-refractivity contribution >= 4 is 11.5 Å². The van der Waals surface area contributed by atoms with Gasteiger partial charge in [0.15, 0.2) is 17.3 Å². The Morgan fingerprint density at radius 1 is 1.00 bits per heavy atom. The maximum atomic E-state index is 13.6. The molecule has 0 fully saturated rings. The van der Waals surface area contributed by atoms with Crippen LogP contribution in [-0.2, 0) is 4.79 Å². The highest BCUT2D eigenvalue weighted by Crippen LogP contribution is 2.51. The van der Waals surface area contributed by atoms with Crippen LogP contribution in [0, 0.1) is 16.7 Å². The van der Waals surface area contributed by atoms with E-state index in [1.807, 2.05) is 41.3 Å². The van der Waals surface area contributed by atoms with Crippen LogP contribution in [0.25, 0.3) is 0 Å². The summed E-state index contributed by atoms with van der Waals surface area (Å²) >= 11 is 0. The van der Waals surface area contributed by atoms with Crippen LogP contribution in [-0.4, -0.2) is 27.1 Å². The van der Waals surface area contributed by atoms with Crippen LogP contribution in [0.2, 0.25) is 0 Å². The predicted molar refractivity (Wildman–Crippen MR) is 130 cm³/mol. The fourth-order valence-electron chi connectivity index (χ4n) is 4.90. The van der Waals surface area contributed by atoms with E-state index in [1.54, 1.807) is 27.4 Å². The van der Waals surface area contributed by atoms with Crippen molar-refractivity contribution in [1.82, 2.24) is 0 Å². The normalized spacial score (nSPS) is 19.5. The van der Waals surface area contributed by atoms with E-state index < -0.39 is 5.92 Å². The first kappa shape index (κ1) is 23.2. The van der Waals surface area contributed by atoms with Crippen LogP contribution >= 0.6 is 0 Å². The molecule has 1 aliphatic carbocycles. The van der Waals surface area contributed by atoms with Gasteiger partial charge in [0.25, 0.3) is 0 Å². The molecular weight excluding hydrogens is 430 g/mol. The molecule has 1 atom stereocenters. The Morgan fingerprint density at radius 3 is 2.26 bits per heavy atom. The number of hydrogen-bond donors (Lipinski definition) is 1. The molecular formula is C27H29N3O4. The number of rotatable bonds is 5. The Kier molecular flexibility index (Phi) is 6.01. The molecule has 2 aromatic rings. The minimum absolute atomic E-state index is 0.0183. The van der Waals surface area contributed by atoms with Gasteiger partial charge in [-0.15, -0.1) is 0 Å². The van der Waals surface area contributed by atoms with Crippen molar-refractivity contribution in [2.24, 2.45) is 11.1 Å². The first-order chi connectivity index (χ1) is 16.2. The lowest BCUT2D eigenvalue weighted by atomic mass is 9.68. The molecule has 2 aromatic carbocycles. The number of ketones is 1. The van der Waals surface area contributed by atoms with Gasteiger partial charge >= 0.3 is 0 Å². The molecule has 0 amide bonds. The number of anilines is 1. The Balaban J connectivity index is 1.96. The molecule has 0 radical (unpaired) electrons. The Labute approximate surface area is 200 Å². The van der Waals surface area contributed by atoms with Gasteiger partial charge in [-0.2, -0.15) is 5.26 Å². The average Bonchev–Trinajstić information content (AvgIpc) is 2.82. The van der Waals surface area contributed by atoms with Crippen molar-refractivity contribution in [3.8, 4) is 23.3 Å². The second-order valence-electron chi connectivity index (χ2n) is 9.29. The predicted octanol–water partition coefficient (Wildman–Crippen LogP) is 4.65. The van der Waals surface area contributed by atoms with Crippen molar-refractivity contribution in [2.45, 2.75) is 32.6 Å². The number of carbonyl (C=O) groups excluding carboxylic acids is 1. The second-order valence-corrected chi connectivity index (χ2v) is 9.29. The molecule has 34 heavy (non-hydrogen) atoms. The topological polar surface area (TPSA) is 97.8 Å². The highest BCUT2D eigenvalue weighted by atomic mass is 16.5. The summed E-state index contributed by atoms with van der Waals surface area (Å²) in [5.41, 5.74) is 9.72. The van der Waals surface area contributed by atoms with Crippen LogP contribution in [0.4, 0.5) is 5.69 Å². The van der Waals surface area contributed by atoms with Gasteiger partial charge in [0.1, 0.15) is 11.6 Å². The maximum absolute atomic E-state index is 13.6. The largest absolute Gasteiger partial charge is 0.497 e. The van der Waals surface area contributed by atoms with Gasteiger partial charge in [-0.05, 0) is 53.8 Å². The number of nitriles is 1. The smallest absolute Gasteiger partial charge is 0.162 e. The fourth-order valence-corrected chi connectivity index (χ4v) is 4.90. The molecule has 0 bridgehead atoms. The molecule has 0 aromatic heterocycles. The molecule has 7 nitrogen and oxygen atoms in total. The van der Waals surface area contributed by atoms with Crippen LogP contribution in [0.3, 0.4) is 0 Å². The lowest BCUT2D eigenvalue weighted by Gasteiger charge is -2.43. The second kappa shape index (κ2) is 8.79. The monoisotopic (exact) mass is 459 g/mol. The van der Waals surface area contributed by atoms with Crippen LogP contribution in [0.5, 0.6) is 17.2 Å². The van der Waals surface area contributed by atoms with E-state index in [-0.39, 0.29) is 11.2 Å². The van der Waals surface area contributed by atoms with Crippen LogP contribution in [0.15, 0.2) is 65.1 Å². The zero-order valence-corrected chi connectivity index (χ0v) is 20.1. The summed E-state index contributed by atoms with van der Waals surface area (Å²) < 4.78 is 16.2. The van der Waals surface area contributed by atoms with E-state index >= 15 is 0 Å². The van der Waals surface area contributed by atoms with Gasteiger partial charge in [0, 0.05) is 23.4 Å². The third-order valence-corrected chi connectivity index (χ3v) is 6.45. The minimum atomic E-state index is -0.585. The number of benzene rings is 2. The molecule has 2 N–H and O–H groups in total. The van der Waals surface area contributed by atoms with E-state index in [0.717, 1.165) is 16.9 Å². The van der Waals surface area contributed by atoms with Gasteiger partial charge in [0.05, 0.1) is 38.9 Å². The maximum Gasteiger partial charge on any atom is 0.162 e. The summed E-state index contributed by atoms with van der Waals surface area (Å²) in [6.07, 6.45) is 1.04. The molecule has 0 unspecified atom stereocenters. The van der Waals surface area contributed by atoms with Crippen molar-refractivity contribution in [1.29, 1.82) is 5.26 Å². The molecule has 4 rings (SSSR count). The molecule has 2 aliphatic rings. The molecule has 0 saturated heterocycles. The summed E-state index contributed by atoms with van der Waals surface area (Å²) in [5.74, 6) is 1.56. The summed E-state index contributed by atoms with van der Waals surface area (Å²) in [6, 6.07) is 15.2. The summed E-state index contributed by atoms with van der Waals surface area (Å²) in [5, 5.41) is 10.2. The highest BCUT2D eigenvalue weighted by Gasteiger charge is 2.44. The highest BCUT2D eigenvalue weighted by molar-refractivity contribution is 6.01. The Morgan fingerprint density at radius 2 is 1.68 bits per heavy atom. The van der Waals surface area contributed by atoms with Gasteiger partial charge in [-0.1, -0.05) is 19.9 Å². The number of allylic oxidation sites excluding steroid dienone is 3. The van der Waals surface area contributed by atoms with Gasteiger partial charge in [-0.25, -0.2) is 0 Å². The van der Waals surface area contributed by atoms with Crippen molar-refractivity contribution in [2.75, 3.05) is 26.2 Å². The van der Waals surface area contributed by atoms with Gasteiger partial charge < -0.3 is 19.9 Å². The van der Waals surface area contributed by atoms with Crippen molar-refractivity contribution in [3.63, 3.8) is 0 Å². The summed E-state index contributed by atoms with van der Waals surface area (Å²) in [7, 11) is 4.73. The lowest BCUT2D eigenvalue weighted by molar-refractivity contribution is -0.118. The van der Waals surface area contributed by atoms with Crippen LogP contribution < -0.4 is 24.8 Å². The van der Waals surface area contributed by atoms with Crippen molar-refractivity contribution in [3.05, 3.63) is 70.7 Å². The Bertz CT molecular complexity index is 1240. The van der Waals surface area contributed by atoms with Gasteiger partial charge in [-0.3, -0.25) is 9.69 Å². The SMILES string of the molecule is COc1ccc(N2C(N)=C(C#N)[C@@H](c3ccc(OC)c(OC)c3)C3=C2CC(C)(C)CC3=O)cc1. The van der Waals surface area contributed by atoms with E-state index in [2.05, 4.69) is 19.9 Å². The van der Waals surface area contributed by atoms with E-state index in [0.29, 0.717) is 47.1 Å².